The first-order chi connectivity index (χ1) is 8.89. The van der Waals surface area contributed by atoms with Crippen LogP contribution in [-0.2, 0) is 4.79 Å². The third kappa shape index (κ3) is 5.11. The molecule has 2 aliphatic rings. The molecule has 0 aromatic rings. The van der Waals surface area contributed by atoms with Crippen LogP contribution in [0.5, 0.6) is 0 Å². The normalized spacial score (nSPS) is 21.5. The van der Waals surface area contributed by atoms with Crippen LogP contribution in [0.1, 0.15) is 52.9 Å². The molecule has 0 aliphatic heterocycles. The average Bonchev–Trinajstić information content (AvgIpc) is 3.12. The van der Waals surface area contributed by atoms with Gasteiger partial charge < -0.3 is 11.1 Å². The zero-order chi connectivity index (χ0) is 14.0. The number of carbonyl (C=O) groups is 1. The molecule has 1 unspecified atom stereocenters. The third-order valence-corrected chi connectivity index (χ3v) is 3.86. The van der Waals surface area contributed by atoms with E-state index in [1.165, 1.54) is 25.7 Å². The Morgan fingerprint density at radius 2 is 1.95 bits per heavy atom. The van der Waals surface area contributed by atoms with Gasteiger partial charge >= 0.3 is 0 Å². The molecule has 1 atom stereocenters. The Bertz CT molecular complexity index is 316. The lowest BCUT2D eigenvalue weighted by Gasteiger charge is -2.32. The monoisotopic (exact) mass is 267 g/mol. The van der Waals surface area contributed by atoms with E-state index in [4.69, 9.17) is 5.73 Å². The minimum absolute atomic E-state index is 0.129. The Labute approximate surface area is 117 Å². The largest absolute Gasteiger partial charge is 0.351 e. The van der Waals surface area contributed by atoms with E-state index in [1.54, 1.807) is 0 Å². The van der Waals surface area contributed by atoms with Gasteiger partial charge in [-0.3, -0.25) is 9.69 Å². The number of nitrogens with two attached hydrogens (primary N) is 1. The molecule has 0 heterocycles. The highest BCUT2D eigenvalue weighted by Gasteiger charge is 2.37. The highest BCUT2D eigenvalue weighted by atomic mass is 16.1. The summed E-state index contributed by atoms with van der Waals surface area (Å²) in [7, 11) is 0. The summed E-state index contributed by atoms with van der Waals surface area (Å²) in [6, 6.07) is 0.909. The van der Waals surface area contributed by atoms with E-state index < -0.39 is 0 Å². The van der Waals surface area contributed by atoms with Crippen molar-refractivity contribution in [3.05, 3.63) is 0 Å². The molecule has 0 radical (unpaired) electrons. The van der Waals surface area contributed by atoms with E-state index in [1.807, 2.05) is 20.8 Å². The SMILES string of the molecule is CC(C)(C)NC(=O)CC(CN)N(CC1CC1)C1CC1. The van der Waals surface area contributed by atoms with E-state index in [9.17, 15) is 4.79 Å². The molecule has 2 fully saturated rings. The number of carbonyl (C=O) groups excluding carboxylic acids is 1. The van der Waals surface area contributed by atoms with Crippen LogP contribution in [0.4, 0.5) is 0 Å². The van der Waals surface area contributed by atoms with Gasteiger partial charge in [0.2, 0.25) is 5.91 Å². The average molecular weight is 267 g/mol. The van der Waals surface area contributed by atoms with Crippen LogP contribution in [0, 0.1) is 5.92 Å². The van der Waals surface area contributed by atoms with Crippen molar-refractivity contribution in [1.29, 1.82) is 0 Å². The molecule has 2 saturated carbocycles. The maximum atomic E-state index is 12.1. The molecule has 3 N–H and O–H groups in total. The number of rotatable bonds is 7. The molecule has 0 spiro atoms. The van der Waals surface area contributed by atoms with Gasteiger partial charge in [-0.1, -0.05) is 0 Å². The summed E-state index contributed by atoms with van der Waals surface area (Å²) < 4.78 is 0. The van der Waals surface area contributed by atoms with Gasteiger partial charge in [-0.2, -0.15) is 0 Å². The lowest BCUT2D eigenvalue weighted by Crippen LogP contribution is -2.48. The Hall–Kier alpha value is -0.610. The molecule has 0 saturated heterocycles. The molecule has 19 heavy (non-hydrogen) atoms. The van der Waals surface area contributed by atoms with E-state index >= 15 is 0 Å². The standard InChI is InChI=1S/C15H29N3O/c1-15(2,3)17-14(19)8-13(9-16)18(12-6-7-12)10-11-4-5-11/h11-13H,4-10,16H2,1-3H3,(H,17,19). The van der Waals surface area contributed by atoms with Gasteiger partial charge in [0.1, 0.15) is 0 Å². The van der Waals surface area contributed by atoms with Crippen molar-refractivity contribution >= 4 is 5.91 Å². The van der Waals surface area contributed by atoms with Gasteiger partial charge in [0.25, 0.3) is 0 Å². The highest BCUT2D eigenvalue weighted by molar-refractivity contribution is 5.77. The van der Waals surface area contributed by atoms with Crippen LogP contribution in [0.15, 0.2) is 0 Å². The minimum Gasteiger partial charge on any atom is -0.351 e. The van der Waals surface area contributed by atoms with Gasteiger partial charge in [0, 0.05) is 37.1 Å². The van der Waals surface area contributed by atoms with Crippen molar-refractivity contribution in [2.45, 2.75) is 70.5 Å². The second-order valence-corrected chi connectivity index (χ2v) is 7.26. The summed E-state index contributed by atoms with van der Waals surface area (Å²) in [4.78, 5) is 14.6. The number of hydrogen-bond donors (Lipinski definition) is 2. The van der Waals surface area contributed by atoms with Crippen molar-refractivity contribution < 1.29 is 4.79 Å². The number of nitrogens with one attached hydrogen (secondary N) is 1. The Morgan fingerprint density at radius 3 is 2.37 bits per heavy atom. The summed E-state index contributed by atoms with van der Waals surface area (Å²) in [6.07, 6.45) is 5.81. The van der Waals surface area contributed by atoms with E-state index in [2.05, 4.69) is 10.2 Å². The fourth-order valence-electron chi connectivity index (χ4n) is 2.62. The molecule has 0 bridgehead atoms. The lowest BCUT2D eigenvalue weighted by molar-refractivity contribution is -0.123. The molecule has 4 nitrogen and oxygen atoms in total. The Morgan fingerprint density at radius 1 is 1.32 bits per heavy atom. The van der Waals surface area contributed by atoms with E-state index in [0.717, 1.165) is 12.5 Å². The van der Waals surface area contributed by atoms with Crippen LogP contribution in [0.25, 0.3) is 0 Å². The molecule has 0 aromatic heterocycles. The predicted octanol–water partition coefficient (Wildman–Crippen LogP) is 1.49. The van der Waals surface area contributed by atoms with Crippen LogP contribution >= 0.6 is 0 Å². The van der Waals surface area contributed by atoms with Gasteiger partial charge in [-0.05, 0) is 52.4 Å². The summed E-state index contributed by atoms with van der Waals surface area (Å²) in [5, 5.41) is 3.05. The lowest BCUT2D eigenvalue weighted by atomic mass is 10.1. The Kier molecular flexibility index (Phi) is 4.51. The van der Waals surface area contributed by atoms with Crippen molar-refractivity contribution in [3.8, 4) is 0 Å². The minimum atomic E-state index is -0.156. The second-order valence-electron chi connectivity index (χ2n) is 7.26. The van der Waals surface area contributed by atoms with Gasteiger partial charge in [-0.15, -0.1) is 0 Å². The molecule has 110 valence electrons. The molecule has 0 aromatic carbocycles. The fraction of sp³-hybridized carbons (Fsp3) is 0.933. The molecule has 1 amide bonds. The van der Waals surface area contributed by atoms with Crippen molar-refractivity contribution in [1.82, 2.24) is 10.2 Å². The zero-order valence-electron chi connectivity index (χ0n) is 12.6. The third-order valence-electron chi connectivity index (χ3n) is 3.86. The van der Waals surface area contributed by atoms with Crippen molar-refractivity contribution in [2.75, 3.05) is 13.1 Å². The van der Waals surface area contributed by atoms with Crippen LogP contribution in [0.2, 0.25) is 0 Å². The number of nitrogens with zero attached hydrogens (tertiary/aromatic N) is 1. The van der Waals surface area contributed by atoms with Crippen molar-refractivity contribution in [2.24, 2.45) is 11.7 Å². The molecule has 2 aliphatic carbocycles. The first-order valence-corrected chi connectivity index (χ1v) is 7.66. The number of amides is 1. The molecule has 2 rings (SSSR count). The van der Waals surface area contributed by atoms with Gasteiger partial charge in [-0.25, -0.2) is 0 Å². The Balaban J connectivity index is 1.87. The summed E-state index contributed by atoms with van der Waals surface area (Å²) in [5.74, 6) is 0.990. The maximum Gasteiger partial charge on any atom is 0.222 e. The zero-order valence-corrected chi connectivity index (χ0v) is 12.6. The number of hydrogen-bond acceptors (Lipinski definition) is 3. The fourth-order valence-corrected chi connectivity index (χ4v) is 2.62. The van der Waals surface area contributed by atoms with E-state index in [-0.39, 0.29) is 17.5 Å². The van der Waals surface area contributed by atoms with Gasteiger partial charge in [0.05, 0.1) is 0 Å². The molecule has 4 heteroatoms. The summed E-state index contributed by atoms with van der Waals surface area (Å²) in [5.41, 5.74) is 5.77. The summed E-state index contributed by atoms with van der Waals surface area (Å²) >= 11 is 0. The van der Waals surface area contributed by atoms with Crippen LogP contribution in [0.3, 0.4) is 0 Å². The van der Waals surface area contributed by atoms with Crippen LogP contribution < -0.4 is 11.1 Å². The first kappa shape index (κ1) is 14.8. The smallest absolute Gasteiger partial charge is 0.222 e. The predicted molar refractivity (Wildman–Crippen MR) is 77.8 cm³/mol. The van der Waals surface area contributed by atoms with Crippen LogP contribution in [-0.4, -0.2) is 41.5 Å². The maximum absolute atomic E-state index is 12.1. The highest BCUT2D eigenvalue weighted by Crippen LogP contribution is 2.36. The topological polar surface area (TPSA) is 58.4 Å². The summed E-state index contributed by atoms with van der Waals surface area (Å²) in [6.45, 7) is 7.79. The van der Waals surface area contributed by atoms with Gasteiger partial charge in [0.15, 0.2) is 0 Å². The van der Waals surface area contributed by atoms with E-state index in [0.29, 0.717) is 19.0 Å². The molecular formula is C15H29N3O. The van der Waals surface area contributed by atoms with Crippen molar-refractivity contribution in [3.63, 3.8) is 0 Å². The molecular weight excluding hydrogens is 238 g/mol. The first-order valence-electron chi connectivity index (χ1n) is 7.66. The quantitative estimate of drug-likeness (QED) is 0.735. The second kappa shape index (κ2) is 5.80.